The van der Waals surface area contributed by atoms with Crippen molar-refractivity contribution in [3.05, 3.63) is 17.6 Å². The molecule has 1 unspecified atom stereocenters. The molecule has 1 aliphatic rings. The summed E-state index contributed by atoms with van der Waals surface area (Å²) < 4.78 is 0. The van der Waals surface area contributed by atoms with E-state index in [1.165, 1.54) is 6.20 Å². The van der Waals surface area contributed by atoms with Crippen LogP contribution in [0.2, 0.25) is 0 Å². The second kappa shape index (κ2) is 3.04. The van der Waals surface area contributed by atoms with Gasteiger partial charge in [-0.3, -0.25) is 15.3 Å². The molecule has 2 rings (SSSR count). The number of anilines is 1. The minimum absolute atomic E-state index is 0.0799. The van der Waals surface area contributed by atoms with Gasteiger partial charge in [-0.2, -0.15) is 0 Å². The molecular formula is C7H7N5O2. The minimum atomic E-state index is -0.675. The number of nitrogens with zero attached hydrogens (tertiary/aromatic N) is 2. The molecule has 1 aliphatic heterocycles. The SMILES string of the molecule is NC1NC(=O)c2nc(C=O)cnc2N1. The maximum Gasteiger partial charge on any atom is 0.276 e. The van der Waals surface area contributed by atoms with Crippen LogP contribution in [0, 0.1) is 0 Å². The summed E-state index contributed by atoms with van der Waals surface area (Å²) >= 11 is 0. The van der Waals surface area contributed by atoms with Gasteiger partial charge in [0.25, 0.3) is 5.91 Å². The first-order valence-electron chi connectivity index (χ1n) is 3.86. The van der Waals surface area contributed by atoms with Gasteiger partial charge < -0.3 is 10.6 Å². The summed E-state index contributed by atoms with van der Waals surface area (Å²) in [5.74, 6) is -0.158. The summed E-state index contributed by atoms with van der Waals surface area (Å²) in [6.07, 6.45) is 1.12. The van der Waals surface area contributed by atoms with Crippen LogP contribution in [0.5, 0.6) is 0 Å². The van der Waals surface area contributed by atoms with Crippen LogP contribution < -0.4 is 16.4 Å². The quantitative estimate of drug-likeness (QED) is 0.477. The lowest BCUT2D eigenvalue weighted by Crippen LogP contribution is -2.51. The Morgan fingerprint density at radius 1 is 1.50 bits per heavy atom. The minimum Gasteiger partial charge on any atom is -0.336 e. The highest BCUT2D eigenvalue weighted by Crippen LogP contribution is 2.13. The number of nitrogens with two attached hydrogens (primary N) is 1. The molecule has 0 aromatic carbocycles. The van der Waals surface area contributed by atoms with Gasteiger partial charge >= 0.3 is 0 Å². The van der Waals surface area contributed by atoms with Gasteiger partial charge in [0.15, 0.2) is 24.1 Å². The average molecular weight is 193 g/mol. The van der Waals surface area contributed by atoms with Crippen molar-refractivity contribution in [3.63, 3.8) is 0 Å². The smallest absolute Gasteiger partial charge is 0.276 e. The number of carbonyl (C=O) groups is 2. The Hall–Kier alpha value is -2.02. The van der Waals surface area contributed by atoms with Crippen LogP contribution in [0.15, 0.2) is 6.20 Å². The molecule has 0 saturated carbocycles. The molecule has 0 bridgehead atoms. The zero-order valence-corrected chi connectivity index (χ0v) is 7.02. The Morgan fingerprint density at radius 3 is 3.00 bits per heavy atom. The summed E-state index contributed by atoms with van der Waals surface area (Å²) in [6.45, 7) is 0. The van der Waals surface area contributed by atoms with Crippen molar-refractivity contribution in [2.24, 2.45) is 5.73 Å². The van der Waals surface area contributed by atoms with Crippen molar-refractivity contribution in [2.75, 3.05) is 5.32 Å². The van der Waals surface area contributed by atoms with Crippen LogP contribution in [0.4, 0.5) is 5.82 Å². The Morgan fingerprint density at radius 2 is 2.29 bits per heavy atom. The molecule has 14 heavy (non-hydrogen) atoms. The fraction of sp³-hybridized carbons (Fsp3) is 0.143. The molecule has 1 aromatic heterocycles. The molecule has 4 N–H and O–H groups in total. The fourth-order valence-electron chi connectivity index (χ4n) is 1.12. The van der Waals surface area contributed by atoms with E-state index in [0.29, 0.717) is 6.29 Å². The molecule has 0 aliphatic carbocycles. The van der Waals surface area contributed by atoms with E-state index in [9.17, 15) is 9.59 Å². The van der Waals surface area contributed by atoms with Gasteiger partial charge in [-0.05, 0) is 0 Å². The molecule has 1 aromatic rings. The largest absolute Gasteiger partial charge is 0.336 e. The predicted octanol–water partition coefficient (Wildman–Crippen LogP) is -1.31. The standard InChI is InChI=1S/C7H7N5O2/c8-7-11-5-4(6(14)12-7)10-3(2-13)1-9-5/h1-2,7H,8H2,(H,9,11)(H,12,14). The number of carbonyl (C=O) groups excluding carboxylic acids is 2. The zero-order valence-electron chi connectivity index (χ0n) is 7.02. The van der Waals surface area contributed by atoms with Crippen LogP contribution >= 0.6 is 0 Å². The highest BCUT2D eigenvalue weighted by Gasteiger charge is 2.23. The van der Waals surface area contributed by atoms with Crippen LogP contribution in [0.25, 0.3) is 0 Å². The number of fused-ring (bicyclic) bond motifs is 1. The zero-order chi connectivity index (χ0) is 10.1. The second-order valence-corrected chi connectivity index (χ2v) is 2.71. The van der Waals surface area contributed by atoms with Gasteiger partial charge in [0, 0.05) is 0 Å². The molecule has 72 valence electrons. The Balaban J connectivity index is 2.49. The van der Waals surface area contributed by atoms with Gasteiger partial charge in [0.2, 0.25) is 0 Å². The first-order chi connectivity index (χ1) is 6.70. The molecule has 1 amide bonds. The Labute approximate surface area is 78.7 Å². The van der Waals surface area contributed by atoms with Gasteiger partial charge in [-0.1, -0.05) is 0 Å². The van der Waals surface area contributed by atoms with Crippen LogP contribution in [-0.2, 0) is 0 Å². The van der Waals surface area contributed by atoms with Gasteiger partial charge in [0.05, 0.1) is 6.20 Å². The van der Waals surface area contributed by atoms with Crippen LogP contribution in [0.1, 0.15) is 21.0 Å². The number of amides is 1. The maximum atomic E-state index is 11.3. The maximum absolute atomic E-state index is 11.3. The van der Waals surface area contributed by atoms with Gasteiger partial charge in [-0.25, -0.2) is 9.97 Å². The predicted molar refractivity (Wildman–Crippen MR) is 46.5 cm³/mol. The number of aldehydes is 1. The normalized spacial score (nSPS) is 19.2. The van der Waals surface area contributed by atoms with Crippen LogP contribution in [-0.4, -0.2) is 28.5 Å². The summed E-state index contributed by atoms with van der Waals surface area (Å²) in [5, 5.41) is 5.09. The highest BCUT2D eigenvalue weighted by atomic mass is 16.2. The number of hydrogen-bond acceptors (Lipinski definition) is 6. The molecule has 7 nitrogen and oxygen atoms in total. The van der Waals surface area contributed by atoms with E-state index in [1.807, 2.05) is 0 Å². The number of rotatable bonds is 1. The van der Waals surface area contributed by atoms with Crippen molar-refractivity contribution in [2.45, 2.75) is 6.29 Å². The molecule has 0 radical (unpaired) electrons. The van der Waals surface area contributed by atoms with E-state index in [0.717, 1.165) is 0 Å². The van der Waals surface area contributed by atoms with E-state index < -0.39 is 12.2 Å². The summed E-state index contributed by atoms with van der Waals surface area (Å²) in [5.41, 5.74) is 5.62. The van der Waals surface area contributed by atoms with Crippen molar-refractivity contribution in [1.29, 1.82) is 0 Å². The molecule has 1 atom stereocenters. The number of hydrogen-bond donors (Lipinski definition) is 3. The lowest BCUT2D eigenvalue weighted by atomic mass is 10.3. The monoisotopic (exact) mass is 193 g/mol. The first-order valence-corrected chi connectivity index (χ1v) is 3.86. The summed E-state index contributed by atoms with van der Waals surface area (Å²) in [4.78, 5) is 29.3. The summed E-state index contributed by atoms with van der Waals surface area (Å²) in [7, 11) is 0. The third-order valence-corrected chi connectivity index (χ3v) is 1.71. The van der Waals surface area contributed by atoms with Crippen LogP contribution in [0.3, 0.4) is 0 Å². The van der Waals surface area contributed by atoms with E-state index in [4.69, 9.17) is 5.73 Å². The molecule has 7 heteroatoms. The summed E-state index contributed by atoms with van der Waals surface area (Å²) in [6, 6.07) is 0. The fourth-order valence-corrected chi connectivity index (χ4v) is 1.12. The van der Waals surface area contributed by atoms with E-state index in [2.05, 4.69) is 20.6 Å². The van der Waals surface area contributed by atoms with Crippen molar-refractivity contribution < 1.29 is 9.59 Å². The lowest BCUT2D eigenvalue weighted by molar-refractivity contribution is 0.0931. The number of nitrogens with one attached hydrogen (secondary N) is 2. The second-order valence-electron chi connectivity index (χ2n) is 2.71. The van der Waals surface area contributed by atoms with Gasteiger partial charge in [-0.15, -0.1) is 0 Å². The Kier molecular flexibility index (Phi) is 1.86. The molecule has 2 heterocycles. The van der Waals surface area contributed by atoms with E-state index >= 15 is 0 Å². The topological polar surface area (TPSA) is 110 Å². The van der Waals surface area contributed by atoms with E-state index in [1.54, 1.807) is 0 Å². The third-order valence-electron chi connectivity index (χ3n) is 1.71. The van der Waals surface area contributed by atoms with Crippen molar-refractivity contribution in [3.8, 4) is 0 Å². The first kappa shape index (κ1) is 8.57. The number of aromatic nitrogens is 2. The molecule has 0 spiro atoms. The molecule has 0 saturated heterocycles. The van der Waals surface area contributed by atoms with Crippen molar-refractivity contribution >= 4 is 18.0 Å². The van der Waals surface area contributed by atoms with Gasteiger partial charge in [0.1, 0.15) is 5.69 Å². The average Bonchev–Trinajstić information content (AvgIpc) is 2.17. The molecular weight excluding hydrogens is 186 g/mol. The highest BCUT2D eigenvalue weighted by molar-refractivity contribution is 5.99. The van der Waals surface area contributed by atoms with E-state index in [-0.39, 0.29) is 17.2 Å². The Bertz CT molecular complexity index is 405. The molecule has 0 fully saturated rings. The third kappa shape index (κ3) is 1.29. The van der Waals surface area contributed by atoms with Crippen molar-refractivity contribution in [1.82, 2.24) is 15.3 Å². The lowest BCUT2D eigenvalue weighted by Gasteiger charge is -2.22.